The van der Waals surface area contributed by atoms with Crippen LogP contribution in [0.5, 0.6) is 0 Å². The maximum Gasteiger partial charge on any atom is 0.142 e. The SMILES string of the molecule is C=C(I=C(I=C(C)c1c(-n2c3ccccc3c3ccccc32)c(-n2c3ccccc3c3ccccc32)c2sc3ccccc3c2c1F)c1ccccc1)c1ccccc1. The molecule has 284 valence electrons. The molecule has 6 heteroatoms. The fourth-order valence-electron chi connectivity index (χ4n) is 8.59. The van der Waals surface area contributed by atoms with Gasteiger partial charge in [0.05, 0.1) is 38.1 Å². The zero-order valence-corrected chi connectivity index (χ0v) is 37.1. The summed E-state index contributed by atoms with van der Waals surface area (Å²) in [7, 11) is 0. The molecule has 0 amide bonds. The molecule has 0 N–H and O–H groups in total. The van der Waals surface area contributed by atoms with Gasteiger partial charge in [0.25, 0.3) is 0 Å². The average Bonchev–Trinajstić information content (AvgIpc) is 3.95. The average molecular weight is 1000 g/mol. The van der Waals surface area contributed by atoms with E-state index in [-0.39, 0.29) is 5.82 Å². The topological polar surface area (TPSA) is 9.86 Å². The first-order chi connectivity index (χ1) is 29.1. The molecular formula is C53H35FI2N2S. The summed E-state index contributed by atoms with van der Waals surface area (Å²) in [6, 6.07) is 64.2. The minimum Gasteiger partial charge on any atom is -0.306 e. The highest BCUT2D eigenvalue weighted by Gasteiger charge is 2.30. The predicted molar refractivity (Wildman–Crippen MR) is 272 cm³/mol. The number of thiophene rings is 1. The molecule has 0 radical (unpaired) electrons. The minimum atomic E-state index is -0.851. The molecule has 0 aliphatic carbocycles. The van der Waals surface area contributed by atoms with E-state index < -0.39 is 41.5 Å². The number of aromatic nitrogens is 2. The molecule has 0 spiro atoms. The van der Waals surface area contributed by atoms with E-state index in [1.165, 1.54) is 27.0 Å². The second-order valence-corrected chi connectivity index (χ2v) is 23.8. The maximum absolute atomic E-state index is 18.7. The summed E-state index contributed by atoms with van der Waals surface area (Å²) < 4.78 is 29.2. The number of halogens is 3. The lowest BCUT2D eigenvalue weighted by Crippen LogP contribution is -2.12. The lowest BCUT2D eigenvalue weighted by atomic mass is 10.0. The zero-order valence-electron chi connectivity index (χ0n) is 32.0. The first-order valence-electron chi connectivity index (χ1n) is 19.5. The molecule has 3 heterocycles. The maximum atomic E-state index is 18.7. The number of benzene rings is 8. The van der Waals surface area contributed by atoms with E-state index in [0.717, 1.165) is 62.5 Å². The standard InChI is InChI=1S/C53H35FI2N2S/c1-33(35-19-5-3-6-20-35)55-53(36-21-7-4-8-22-36)56-34(2)47-49(54)48-41-27-13-18-32-46(41)59-52(48)51(58-44-30-16-11-25-39(44)40-26-12-17-31-45(40)58)50(47)57-42-28-14-9-23-37(42)38-24-10-15-29-43(38)57/h3-32H,1H2,2H3. The van der Waals surface area contributed by atoms with Gasteiger partial charge < -0.3 is 9.13 Å². The Hall–Kier alpha value is -5.55. The van der Waals surface area contributed by atoms with Gasteiger partial charge in [-0.15, -0.1) is 11.3 Å². The smallest absolute Gasteiger partial charge is 0.142 e. The van der Waals surface area contributed by atoms with E-state index in [1.54, 1.807) is 11.3 Å². The molecule has 0 aliphatic heterocycles. The van der Waals surface area contributed by atoms with Crippen LogP contribution in [0.4, 0.5) is 4.39 Å². The summed E-state index contributed by atoms with van der Waals surface area (Å²) in [6.45, 7) is 6.85. The predicted octanol–water partition coefficient (Wildman–Crippen LogP) is 15.7. The summed E-state index contributed by atoms with van der Waals surface area (Å²) in [5.41, 5.74) is 9.30. The third-order valence-corrected chi connectivity index (χ3v) is 19.9. The van der Waals surface area contributed by atoms with Gasteiger partial charge >= 0.3 is 0 Å². The van der Waals surface area contributed by atoms with Crippen LogP contribution >= 0.6 is 52.8 Å². The lowest BCUT2D eigenvalue weighted by Gasteiger charge is -2.23. The van der Waals surface area contributed by atoms with Crippen LogP contribution in [0.3, 0.4) is 0 Å². The lowest BCUT2D eigenvalue weighted by molar-refractivity contribution is 0.637. The van der Waals surface area contributed by atoms with Crippen molar-refractivity contribution in [3.8, 4) is 11.4 Å². The molecule has 0 unspecified atom stereocenters. The molecule has 11 rings (SSSR count). The molecule has 0 saturated carbocycles. The van der Waals surface area contributed by atoms with Crippen molar-refractivity contribution in [2.75, 3.05) is 0 Å². The van der Waals surface area contributed by atoms with E-state index in [9.17, 15) is 0 Å². The van der Waals surface area contributed by atoms with Crippen LogP contribution in [0.1, 0.15) is 23.6 Å². The summed E-state index contributed by atoms with van der Waals surface area (Å²) in [5.74, 6) is -0.150. The molecule has 0 saturated heterocycles. The van der Waals surface area contributed by atoms with Gasteiger partial charge in [-0.2, -0.15) is 0 Å². The van der Waals surface area contributed by atoms with Gasteiger partial charge in [-0.25, -0.2) is 4.39 Å². The summed E-state index contributed by atoms with van der Waals surface area (Å²) in [5, 5.41) is 6.28. The quantitative estimate of drug-likeness (QED) is 0.141. The van der Waals surface area contributed by atoms with Crippen molar-refractivity contribution in [2.45, 2.75) is 6.92 Å². The molecule has 0 fully saturated rings. The van der Waals surface area contributed by atoms with Gasteiger partial charge in [0.15, 0.2) is 0 Å². The summed E-state index contributed by atoms with van der Waals surface area (Å²) >= 11 is 0.201. The Labute approximate surface area is 365 Å². The Morgan fingerprint density at radius 2 is 0.915 bits per heavy atom. The van der Waals surface area contributed by atoms with Crippen LogP contribution in [0.25, 0.3) is 78.7 Å². The second-order valence-electron chi connectivity index (χ2n) is 14.5. The van der Waals surface area contributed by atoms with Crippen molar-refractivity contribution in [3.63, 3.8) is 0 Å². The molecule has 8 aromatic carbocycles. The Morgan fingerprint density at radius 3 is 1.44 bits per heavy atom. The van der Waals surface area contributed by atoms with Gasteiger partial charge in [0, 0.05) is 47.7 Å². The third kappa shape index (κ3) is 5.98. The van der Waals surface area contributed by atoms with Gasteiger partial charge in [-0.3, -0.25) is 0 Å². The van der Waals surface area contributed by atoms with E-state index in [4.69, 9.17) is 0 Å². The number of rotatable bonds is 7. The second kappa shape index (κ2) is 14.9. The Morgan fingerprint density at radius 1 is 0.492 bits per heavy atom. The van der Waals surface area contributed by atoms with Gasteiger partial charge in [-0.05, 0) is 51.9 Å². The van der Waals surface area contributed by atoms with Crippen molar-refractivity contribution in [1.82, 2.24) is 9.13 Å². The largest absolute Gasteiger partial charge is 0.306 e. The Bertz CT molecular complexity index is 3430. The number of para-hydroxylation sites is 4. The summed E-state index contributed by atoms with van der Waals surface area (Å²) in [6.07, 6.45) is 0. The van der Waals surface area contributed by atoms with E-state index in [2.05, 4.69) is 199 Å². The highest BCUT2D eigenvalue weighted by molar-refractivity contribution is 14.3. The van der Waals surface area contributed by atoms with Crippen molar-refractivity contribution >= 4 is 125 Å². The van der Waals surface area contributed by atoms with E-state index >= 15 is 4.39 Å². The number of hydrogen-bond donors (Lipinski definition) is 0. The van der Waals surface area contributed by atoms with Crippen molar-refractivity contribution in [1.29, 1.82) is 0 Å². The van der Waals surface area contributed by atoms with E-state index in [1.807, 2.05) is 6.07 Å². The Kier molecular flexibility index (Phi) is 9.24. The highest BCUT2D eigenvalue weighted by Crippen LogP contribution is 2.49. The number of fused-ring (bicyclic) bond motifs is 9. The number of hydrogen-bond acceptors (Lipinski definition) is 1. The first kappa shape index (κ1) is 36.5. The van der Waals surface area contributed by atoms with Gasteiger partial charge in [-0.1, -0.05) is 200 Å². The van der Waals surface area contributed by atoms with Crippen LogP contribution in [0.2, 0.25) is 0 Å². The monoisotopic (exact) mass is 1000 g/mol. The van der Waals surface area contributed by atoms with Crippen LogP contribution in [0, 0.1) is 5.82 Å². The van der Waals surface area contributed by atoms with Crippen molar-refractivity contribution < 1.29 is 4.39 Å². The molecule has 59 heavy (non-hydrogen) atoms. The zero-order chi connectivity index (χ0) is 39.6. The van der Waals surface area contributed by atoms with Crippen LogP contribution in [-0.2, 0) is 0 Å². The van der Waals surface area contributed by atoms with E-state index in [0.29, 0.717) is 10.9 Å². The minimum absolute atomic E-state index is 0.150. The fourth-order valence-corrected chi connectivity index (χ4v) is 18.4. The van der Waals surface area contributed by atoms with Crippen molar-refractivity contribution in [3.05, 3.63) is 211 Å². The first-order valence-corrected chi connectivity index (χ1v) is 24.6. The Balaban J connectivity index is 1.36. The molecular weight excluding hydrogens is 969 g/mol. The summed E-state index contributed by atoms with van der Waals surface area (Å²) in [4.78, 5) is 0. The van der Waals surface area contributed by atoms with Crippen LogP contribution < -0.4 is 0 Å². The molecule has 0 atom stereocenters. The normalized spacial score (nSPS) is 12.8. The molecule has 2 nitrogen and oxygen atoms in total. The fraction of sp³-hybridized carbons (Fsp3) is 0.0189. The number of nitrogens with zero attached hydrogens (tertiary/aromatic N) is 2. The molecule has 11 aromatic rings. The van der Waals surface area contributed by atoms with Crippen LogP contribution in [0.15, 0.2) is 189 Å². The van der Waals surface area contributed by atoms with Crippen molar-refractivity contribution in [2.24, 2.45) is 0 Å². The molecule has 0 bridgehead atoms. The van der Waals surface area contributed by atoms with Gasteiger partial charge in [0.1, 0.15) is 5.82 Å². The molecule has 0 aliphatic rings. The molecule has 3 aromatic heterocycles. The third-order valence-electron chi connectivity index (χ3n) is 11.2. The van der Waals surface area contributed by atoms with Gasteiger partial charge in [0.2, 0.25) is 0 Å². The highest BCUT2D eigenvalue weighted by atomic mass is 127. The van der Waals surface area contributed by atoms with Crippen LogP contribution in [-0.4, -0.2) is 14.2 Å².